The standard InChI is InChI=1S/C24H28N4O3/c1-14-21-17(11-18(15-9-10-15)26-22(21)28(27-14)24(2,3)4)23(29)25-12-16-13-30-19-7-5-6-8-20(19)31-16/h5-8,11,15-16H,9-10,12-13H2,1-4H3,(H,25,29). The van der Waals surface area contributed by atoms with E-state index in [1.165, 1.54) is 0 Å². The van der Waals surface area contributed by atoms with Crippen LogP contribution in [0, 0.1) is 6.92 Å². The van der Waals surface area contributed by atoms with Crippen molar-refractivity contribution in [2.24, 2.45) is 0 Å². The number of amides is 1. The summed E-state index contributed by atoms with van der Waals surface area (Å²) in [4.78, 5) is 18.2. The third kappa shape index (κ3) is 3.73. The summed E-state index contributed by atoms with van der Waals surface area (Å²) in [5.74, 6) is 1.75. The molecule has 2 aliphatic rings. The number of benzene rings is 1. The van der Waals surface area contributed by atoms with Gasteiger partial charge in [-0.25, -0.2) is 9.67 Å². The normalized spacial score (nSPS) is 18.3. The van der Waals surface area contributed by atoms with E-state index in [1.54, 1.807) is 0 Å². The molecule has 3 heterocycles. The quantitative estimate of drug-likeness (QED) is 0.692. The van der Waals surface area contributed by atoms with Crippen molar-refractivity contribution in [3.8, 4) is 11.5 Å². The molecule has 0 bridgehead atoms. The number of rotatable bonds is 4. The number of fused-ring (bicyclic) bond motifs is 2. The van der Waals surface area contributed by atoms with Gasteiger partial charge in [-0.2, -0.15) is 5.10 Å². The number of aryl methyl sites for hydroxylation is 1. The molecule has 2 aromatic heterocycles. The average molecular weight is 421 g/mol. The van der Waals surface area contributed by atoms with E-state index >= 15 is 0 Å². The summed E-state index contributed by atoms with van der Waals surface area (Å²) < 4.78 is 13.7. The summed E-state index contributed by atoms with van der Waals surface area (Å²) in [5, 5.41) is 8.60. The smallest absolute Gasteiger partial charge is 0.252 e. The molecule has 1 unspecified atom stereocenters. The highest BCUT2D eigenvalue weighted by atomic mass is 16.6. The maximum absolute atomic E-state index is 13.3. The molecule has 1 aromatic carbocycles. The van der Waals surface area contributed by atoms with E-state index in [1.807, 2.05) is 41.9 Å². The van der Waals surface area contributed by atoms with Crippen molar-refractivity contribution in [1.82, 2.24) is 20.1 Å². The van der Waals surface area contributed by atoms with Crippen LogP contribution in [0.3, 0.4) is 0 Å². The zero-order chi connectivity index (χ0) is 21.8. The number of pyridine rings is 1. The zero-order valence-corrected chi connectivity index (χ0v) is 18.4. The Morgan fingerprint density at radius 3 is 2.68 bits per heavy atom. The molecule has 0 saturated heterocycles. The molecular formula is C24H28N4O3. The number of hydrogen-bond acceptors (Lipinski definition) is 5. The number of aromatic nitrogens is 3. The third-order valence-electron chi connectivity index (χ3n) is 5.77. The second-order valence-corrected chi connectivity index (χ2v) is 9.44. The molecule has 162 valence electrons. The Kier molecular flexibility index (Phi) is 4.64. The highest BCUT2D eigenvalue weighted by Crippen LogP contribution is 2.41. The van der Waals surface area contributed by atoms with Gasteiger partial charge >= 0.3 is 0 Å². The number of carbonyl (C=O) groups excluding carboxylic acids is 1. The molecule has 1 fully saturated rings. The van der Waals surface area contributed by atoms with Gasteiger partial charge in [-0.15, -0.1) is 0 Å². The summed E-state index contributed by atoms with van der Waals surface area (Å²) in [5.41, 5.74) is 2.99. The Hall–Kier alpha value is -3.09. The minimum absolute atomic E-state index is 0.131. The largest absolute Gasteiger partial charge is 0.486 e. The molecule has 7 heteroatoms. The lowest BCUT2D eigenvalue weighted by Crippen LogP contribution is -2.40. The molecule has 0 spiro atoms. The highest BCUT2D eigenvalue weighted by Gasteiger charge is 2.31. The van der Waals surface area contributed by atoms with Gasteiger partial charge in [0.05, 0.1) is 28.7 Å². The first-order valence-corrected chi connectivity index (χ1v) is 10.9. The van der Waals surface area contributed by atoms with Crippen LogP contribution >= 0.6 is 0 Å². The summed E-state index contributed by atoms with van der Waals surface area (Å²) in [7, 11) is 0. The predicted molar refractivity (Wildman–Crippen MR) is 118 cm³/mol. The molecule has 1 amide bonds. The molecule has 1 atom stereocenters. The van der Waals surface area contributed by atoms with Gasteiger partial charge in [0.15, 0.2) is 17.1 Å². The van der Waals surface area contributed by atoms with Gasteiger partial charge in [-0.3, -0.25) is 4.79 Å². The van der Waals surface area contributed by atoms with Crippen molar-refractivity contribution in [2.45, 2.75) is 58.1 Å². The minimum Gasteiger partial charge on any atom is -0.486 e. The van der Waals surface area contributed by atoms with E-state index in [0.29, 0.717) is 30.4 Å². The Labute approximate surface area is 181 Å². The highest BCUT2D eigenvalue weighted by molar-refractivity contribution is 6.06. The lowest BCUT2D eigenvalue weighted by atomic mass is 10.1. The molecular weight excluding hydrogens is 392 g/mol. The average Bonchev–Trinajstić information content (AvgIpc) is 3.54. The number of nitrogens with one attached hydrogen (secondary N) is 1. The Morgan fingerprint density at radius 1 is 1.23 bits per heavy atom. The van der Waals surface area contributed by atoms with Crippen LogP contribution in [0.5, 0.6) is 11.5 Å². The molecule has 7 nitrogen and oxygen atoms in total. The van der Waals surface area contributed by atoms with Crippen molar-refractivity contribution in [2.75, 3.05) is 13.2 Å². The van der Waals surface area contributed by atoms with Crippen LogP contribution in [-0.4, -0.2) is 39.9 Å². The summed E-state index contributed by atoms with van der Waals surface area (Å²) in [6.45, 7) is 9.00. The third-order valence-corrected chi connectivity index (χ3v) is 5.77. The molecule has 1 aliphatic carbocycles. The van der Waals surface area contributed by atoms with E-state index in [2.05, 4.69) is 26.1 Å². The van der Waals surface area contributed by atoms with Crippen LogP contribution in [0.2, 0.25) is 0 Å². The zero-order valence-electron chi connectivity index (χ0n) is 18.4. The Balaban J connectivity index is 1.43. The maximum Gasteiger partial charge on any atom is 0.252 e. The summed E-state index contributed by atoms with van der Waals surface area (Å²) in [6, 6.07) is 9.53. The minimum atomic E-state index is -0.238. The van der Waals surface area contributed by atoms with Crippen LogP contribution < -0.4 is 14.8 Å². The lowest BCUT2D eigenvalue weighted by Gasteiger charge is -2.26. The fourth-order valence-corrected chi connectivity index (χ4v) is 4.01. The first-order chi connectivity index (χ1) is 14.8. The van der Waals surface area contributed by atoms with Gasteiger partial charge in [0, 0.05) is 11.6 Å². The molecule has 1 N–H and O–H groups in total. The molecule has 5 rings (SSSR count). The molecule has 0 radical (unpaired) electrons. The Bertz CT molecular complexity index is 1160. The number of nitrogens with zero attached hydrogens (tertiary/aromatic N) is 3. The van der Waals surface area contributed by atoms with Crippen molar-refractivity contribution < 1.29 is 14.3 Å². The van der Waals surface area contributed by atoms with Crippen molar-refractivity contribution in [1.29, 1.82) is 0 Å². The van der Waals surface area contributed by atoms with Crippen molar-refractivity contribution in [3.63, 3.8) is 0 Å². The van der Waals surface area contributed by atoms with Gasteiger partial charge in [0.1, 0.15) is 12.7 Å². The van der Waals surface area contributed by atoms with Crippen LogP contribution in [0.15, 0.2) is 30.3 Å². The van der Waals surface area contributed by atoms with Crippen molar-refractivity contribution in [3.05, 3.63) is 47.3 Å². The van der Waals surface area contributed by atoms with E-state index in [9.17, 15) is 4.79 Å². The summed E-state index contributed by atoms with van der Waals surface area (Å²) in [6.07, 6.45) is 2.00. The monoisotopic (exact) mass is 420 g/mol. The van der Waals surface area contributed by atoms with Gasteiger partial charge < -0.3 is 14.8 Å². The topological polar surface area (TPSA) is 78.3 Å². The number of carbonyl (C=O) groups is 1. The predicted octanol–water partition coefficient (Wildman–Crippen LogP) is 3.94. The Morgan fingerprint density at radius 2 is 1.97 bits per heavy atom. The van der Waals surface area contributed by atoms with Gasteiger partial charge in [0.2, 0.25) is 0 Å². The van der Waals surface area contributed by atoms with Gasteiger partial charge in [-0.1, -0.05) is 12.1 Å². The molecule has 1 saturated carbocycles. The van der Waals surface area contributed by atoms with E-state index in [-0.39, 0.29) is 17.6 Å². The van der Waals surface area contributed by atoms with Crippen LogP contribution in [0.1, 0.15) is 61.3 Å². The first kappa shape index (κ1) is 19.8. The fourth-order valence-electron chi connectivity index (χ4n) is 4.01. The van der Waals surface area contributed by atoms with Crippen LogP contribution in [0.4, 0.5) is 0 Å². The second kappa shape index (κ2) is 7.25. The van der Waals surface area contributed by atoms with E-state index < -0.39 is 0 Å². The second-order valence-electron chi connectivity index (χ2n) is 9.44. The SMILES string of the molecule is Cc1nn(C(C)(C)C)c2nc(C3CC3)cc(C(=O)NCC3COc4ccccc4O3)c12. The van der Waals surface area contributed by atoms with E-state index in [0.717, 1.165) is 41.0 Å². The van der Waals surface area contributed by atoms with Gasteiger partial charge in [-0.05, 0) is 58.7 Å². The van der Waals surface area contributed by atoms with Gasteiger partial charge in [0.25, 0.3) is 5.91 Å². The lowest BCUT2D eigenvalue weighted by molar-refractivity contribution is 0.0790. The molecule has 1 aliphatic heterocycles. The van der Waals surface area contributed by atoms with E-state index in [4.69, 9.17) is 19.6 Å². The van der Waals surface area contributed by atoms with Crippen molar-refractivity contribution >= 4 is 16.9 Å². The number of para-hydroxylation sites is 2. The first-order valence-electron chi connectivity index (χ1n) is 10.9. The maximum atomic E-state index is 13.3. The van der Waals surface area contributed by atoms with Crippen LogP contribution in [0.25, 0.3) is 11.0 Å². The number of hydrogen-bond donors (Lipinski definition) is 1. The number of ether oxygens (including phenoxy) is 2. The molecule has 3 aromatic rings. The molecule has 31 heavy (non-hydrogen) atoms. The summed E-state index contributed by atoms with van der Waals surface area (Å²) >= 11 is 0. The fraction of sp³-hybridized carbons (Fsp3) is 0.458. The van der Waals surface area contributed by atoms with Crippen LogP contribution in [-0.2, 0) is 5.54 Å².